The minimum absolute atomic E-state index is 0.0757. The van der Waals surface area contributed by atoms with E-state index in [4.69, 9.17) is 9.57 Å². The van der Waals surface area contributed by atoms with Crippen LogP contribution in [0.15, 0.2) is 47.8 Å². The van der Waals surface area contributed by atoms with Gasteiger partial charge in [-0.3, -0.25) is 4.79 Å². The summed E-state index contributed by atoms with van der Waals surface area (Å²) in [4.78, 5) is 21.4. The molecule has 1 saturated heterocycles. The number of nitrogens with zero attached hydrogens (tertiary/aromatic N) is 2. The van der Waals surface area contributed by atoms with Crippen LogP contribution >= 0.6 is 0 Å². The molecular weight excluding hydrogens is 437 g/mol. The van der Waals surface area contributed by atoms with Gasteiger partial charge in [-0.2, -0.15) is 13.2 Å². The zero-order valence-corrected chi connectivity index (χ0v) is 18.1. The summed E-state index contributed by atoms with van der Waals surface area (Å²) in [5.41, 5.74) is 0.788. The fourth-order valence-corrected chi connectivity index (χ4v) is 3.19. The van der Waals surface area contributed by atoms with E-state index in [0.717, 1.165) is 43.8 Å². The fourth-order valence-electron chi connectivity index (χ4n) is 3.19. The van der Waals surface area contributed by atoms with Crippen LogP contribution in [0.1, 0.15) is 29.5 Å². The Kier molecular flexibility index (Phi) is 9.05. The molecular formula is C23H27F3N4O3. The van der Waals surface area contributed by atoms with Gasteiger partial charge in [0, 0.05) is 38.6 Å². The highest BCUT2D eigenvalue weighted by Crippen LogP contribution is 2.29. The third-order valence-corrected chi connectivity index (χ3v) is 5.17. The molecule has 0 spiro atoms. The van der Waals surface area contributed by atoms with Gasteiger partial charge >= 0.3 is 6.18 Å². The van der Waals surface area contributed by atoms with Crippen molar-refractivity contribution in [3.63, 3.8) is 0 Å². The van der Waals surface area contributed by atoms with E-state index in [-0.39, 0.29) is 19.1 Å². The first-order valence-electron chi connectivity index (χ1n) is 10.7. The van der Waals surface area contributed by atoms with E-state index in [0.29, 0.717) is 30.3 Å². The first-order valence-corrected chi connectivity index (χ1v) is 10.7. The summed E-state index contributed by atoms with van der Waals surface area (Å²) in [7, 11) is 0. The van der Waals surface area contributed by atoms with Crippen molar-refractivity contribution in [1.82, 2.24) is 10.3 Å². The van der Waals surface area contributed by atoms with Crippen molar-refractivity contribution in [2.24, 2.45) is 11.1 Å². The number of anilines is 1. The Labute approximate surface area is 190 Å². The molecule has 1 aliphatic heterocycles. The minimum atomic E-state index is -4.35. The molecule has 1 fully saturated rings. The second kappa shape index (κ2) is 12.2. The Morgan fingerprint density at radius 2 is 1.88 bits per heavy atom. The van der Waals surface area contributed by atoms with Crippen LogP contribution in [-0.4, -0.2) is 43.4 Å². The molecule has 2 N–H and O–H groups in total. The predicted octanol–water partition coefficient (Wildman–Crippen LogP) is 3.80. The smallest absolute Gasteiger partial charge is 0.391 e. The van der Waals surface area contributed by atoms with Crippen LogP contribution in [0.4, 0.5) is 19.0 Å². The summed E-state index contributed by atoms with van der Waals surface area (Å²) >= 11 is 0. The van der Waals surface area contributed by atoms with Crippen LogP contribution in [0.3, 0.4) is 0 Å². The molecule has 2 aromatic rings. The highest BCUT2D eigenvalue weighted by atomic mass is 19.4. The van der Waals surface area contributed by atoms with E-state index in [9.17, 15) is 18.0 Å². The lowest BCUT2D eigenvalue weighted by Gasteiger charge is -2.22. The highest BCUT2D eigenvalue weighted by molar-refractivity contribution is 5.80. The van der Waals surface area contributed by atoms with E-state index in [1.54, 1.807) is 18.5 Å². The Balaban J connectivity index is 1.32. The van der Waals surface area contributed by atoms with Gasteiger partial charge in [0.25, 0.3) is 0 Å². The molecule has 33 heavy (non-hydrogen) atoms. The summed E-state index contributed by atoms with van der Waals surface area (Å²) in [5.74, 6) is 0.987. The molecule has 1 aromatic carbocycles. The van der Waals surface area contributed by atoms with Crippen molar-refractivity contribution in [1.29, 1.82) is 0 Å². The van der Waals surface area contributed by atoms with Gasteiger partial charge in [-0.25, -0.2) is 4.98 Å². The van der Waals surface area contributed by atoms with Crippen LogP contribution in [-0.2, 0) is 33.6 Å². The maximum atomic E-state index is 12.5. The third-order valence-electron chi connectivity index (χ3n) is 5.17. The number of amides is 1. The second-order valence-electron chi connectivity index (χ2n) is 7.73. The van der Waals surface area contributed by atoms with Crippen LogP contribution in [0.5, 0.6) is 0 Å². The van der Waals surface area contributed by atoms with Gasteiger partial charge in [-0.05, 0) is 48.1 Å². The maximum Gasteiger partial charge on any atom is 0.416 e. The number of ether oxygens (including phenoxy) is 1. The number of pyridine rings is 1. The second-order valence-corrected chi connectivity index (χ2v) is 7.73. The molecule has 0 unspecified atom stereocenters. The molecule has 7 nitrogen and oxygen atoms in total. The van der Waals surface area contributed by atoms with Gasteiger partial charge in [0.2, 0.25) is 5.91 Å². The van der Waals surface area contributed by atoms with Crippen LogP contribution in [0.25, 0.3) is 0 Å². The minimum Gasteiger partial charge on any atom is -0.391 e. The Morgan fingerprint density at radius 3 is 2.55 bits per heavy atom. The Morgan fingerprint density at radius 1 is 1.15 bits per heavy atom. The molecule has 2 heterocycles. The van der Waals surface area contributed by atoms with Crippen LogP contribution in [0.2, 0.25) is 0 Å². The third kappa shape index (κ3) is 8.72. The normalized spacial score (nSPS) is 14.9. The highest BCUT2D eigenvalue weighted by Gasteiger charge is 2.29. The number of oxime groups is 1. The molecule has 0 saturated carbocycles. The number of rotatable bonds is 10. The molecule has 0 bridgehead atoms. The summed E-state index contributed by atoms with van der Waals surface area (Å²) < 4.78 is 43.0. The monoisotopic (exact) mass is 464 g/mol. The molecule has 10 heteroatoms. The summed E-state index contributed by atoms with van der Waals surface area (Å²) in [6, 6.07) is 8.38. The van der Waals surface area contributed by atoms with Crippen molar-refractivity contribution >= 4 is 17.9 Å². The fraction of sp³-hybridized carbons (Fsp3) is 0.435. The first kappa shape index (κ1) is 24.5. The molecule has 1 aromatic heterocycles. The van der Waals surface area contributed by atoms with Crippen LogP contribution in [0, 0.1) is 5.92 Å². The average Bonchev–Trinajstić information content (AvgIpc) is 2.82. The number of hydrogen-bond donors (Lipinski definition) is 2. The molecule has 178 valence electrons. The van der Waals surface area contributed by atoms with Crippen LogP contribution < -0.4 is 10.6 Å². The maximum absolute atomic E-state index is 12.5. The number of nitrogens with one attached hydrogen (secondary N) is 2. The number of carbonyl (C=O) groups is 1. The van der Waals surface area contributed by atoms with Gasteiger partial charge in [0.1, 0.15) is 12.4 Å². The van der Waals surface area contributed by atoms with E-state index in [1.165, 1.54) is 12.1 Å². The van der Waals surface area contributed by atoms with Gasteiger partial charge < -0.3 is 20.2 Å². The molecule has 0 atom stereocenters. The van der Waals surface area contributed by atoms with Gasteiger partial charge in [-0.1, -0.05) is 23.4 Å². The zero-order valence-electron chi connectivity index (χ0n) is 18.1. The Hall–Kier alpha value is -3.14. The number of hydrogen-bond acceptors (Lipinski definition) is 6. The zero-order chi connectivity index (χ0) is 23.5. The van der Waals surface area contributed by atoms with Crippen molar-refractivity contribution < 1.29 is 27.5 Å². The molecule has 3 rings (SSSR count). The predicted molar refractivity (Wildman–Crippen MR) is 118 cm³/mol. The van der Waals surface area contributed by atoms with Gasteiger partial charge in [0.05, 0.1) is 12.1 Å². The molecule has 0 aliphatic carbocycles. The molecule has 0 radical (unpaired) electrons. The van der Waals surface area contributed by atoms with Gasteiger partial charge in [-0.15, -0.1) is 0 Å². The Bertz CT molecular complexity index is 897. The number of aromatic nitrogens is 1. The van der Waals surface area contributed by atoms with Crippen molar-refractivity contribution in [3.05, 3.63) is 59.3 Å². The summed E-state index contributed by atoms with van der Waals surface area (Å²) in [5, 5.41) is 9.74. The topological polar surface area (TPSA) is 84.8 Å². The molecule has 1 amide bonds. The van der Waals surface area contributed by atoms with Crippen molar-refractivity contribution in [2.75, 3.05) is 31.6 Å². The lowest BCUT2D eigenvalue weighted by atomic mass is 10.0. The first-order chi connectivity index (χ1) is 15.9. The lowest BCUT2D eigenvalue weighted by Crippen LogP contribution is -2.35. The van der Waals surface area contributed by atoms with Crippen molar-refractivity contribution in [3.8, 4) is 0 Å². The number of benzene rings is 1. The summed E-state index contributed by atoms with van der Waals surface area (Å²) in [6.45, 7) is 2.40. The van der Waals surface area contributed by atoms with E-state index in [2.05, 4.69) is 20.8 Å². The average molecular weight is 464 g/mol. The van der Waals surface area contributed by atoms with E-state index >= 15 is 0 Å². The standard InChI is InChI=1S/C23H27F3N4O3/c24-23(25,26)20-4-1-19(2-5-20)16-33-30-10-7-17-3-6-21(27-13-17)28-15-22(31)29-14-18-8-11-32-12-9-18/h1-6,10,13,18H,7-9,11-12,14-16H2,(H,27,28)(H,29,31). The van der Waals surface area contributed by atoms with E-state index < -0.39 is 11.7 Å². The number of carbonyl (C=O) groups excluding carboxylic acids is 1. The lowest BCUT2D eigenvalue weighted by molar-refractivity contribution is -0.137. The number of halogens is 3. The van der Waals surface area contributed by atoms with E-state index in [1.807, 2.05) is 6.07 Å². The summed E-state index contributed by atoms with van der Waals surface area (Å²) in [6.07, 6.45) is 1.29. The van der Waals surface area contributed by atoms with Crippen molar-refractivity contribution in [2.45, 2.75) is 32.0 Å². The largest absolute Gasteiger partial charge is 0.416 e. The SMILES string of the molecule is O=C(CNc1ccc(CC=NOCc2ccc(C(F)(F)F)cc2)cn1)NCC1CCOCC1. The molecule has 1 aliphatic rings. The quantitative estimate of drug-likeness (QED) is 0.413. The number of alkyl halides is 3. The van der Waals surface area contributed by atoms with Gasteiger partial charge in [0.15, 0.2) is 0 Å².